The second-order valence-electron chi connectivity index (χ2n) is 5.13. The lowest BCUT2D eigenvalue weighted by atomic mass is 9.91. The zero-order valence-electron chi connectivity index (χ0n) is 10.6. The van der Waals surface area contributed by atoms with E-state index >= 15 is 0 Å². The largest absolute Gasteiger partial charge is 0.382 e. The van der Waals surface area contributed by atoms with Gasteiger partial charge in [0.25, 0.3) is 0 Å². The van der Waals surface area contributed by atoms with E-state index in [1.807, 2.05) is 18.2 Å². The summed E-state index contributed by atoms with van der Waals surface area (Å²) in [6.45, 7) is 2.30. The molecule has 1 saturated carbocycles. The Bertz CT molecular complexity index is 532. The van der Waals surface area contributed by atoms with Crippen molar-refractivity contribution in [3.05, 3.63) is 30.1 Å². The maximum atomic E-state index is 6.00. The highest BCUT2D eigenvalue weighted by molar-refractivity contribution is 5.74. The fourth-order valence-corrected chi connectivity index (χ4v) is 2.99. The van der Waals surface area contributed by atoms with Gasteiger partial charge in [0.05, 0.1) is 17.0 Å². The van der Waals surface area contributed by atoms with Gasteiger partial charge in [-0.05, 0) is 24.5 Å². The summed E-state index contributed by atoms with van der Waals surface area (Å²) in [4.78, 5) is 4.40. The fourth-order valence-electron chi connectivity index (χ4n) is 2.99. The van der Waals surface area contributed by atoms with Gasteiger partial charge < -0.3 is 5.73 Å². The molecule has 0 bridgehead atoms. The molecule has 1 aliphatic carbocycles. The number of rotatable bonds is 2. The molecule has 3 rings (SSSR count). The van der Waals surface area contributed by atoms with E-state index in [0.717, 1.165) is 17.0 Å². The van der Waals surface area contributed by atoms with Crippen LogP contribution in [0.25, 0.3) is 11.3 Å². The van der Waals surface area contributed by atoms with Crippen LogP contribution in [0.1, 0.15) is 37.8 Å². The predicted molar refractivity (Wildman–Crippen MR) is 72.0 cm³/mol. The van der Waals surface area contributed by atoms with E-state index in [1.54, 1.807) is 6.20 Å². The lowest BCUT2D eigenvalue weighted by molar-refractivity contribution is 0.522. The molecule has 2 heterocycles. The van der Waals surface area contributed by atoms with Gasteiger partial charge in [-0.25, -0.2) is 0 Å². The first-order chi connectivity index (χ1) is 8.77. The standard InChI is InChI=1S/C14H18N4/c1-9-5-4-6-10(9)13-12(14(15)18-17-13)11-7-2-3-8-16-11/h2-3,7-10H,4-6H2,1H3,(H3,15,17,18). The predicted octanol–water partition coefficient (Wildman–Crippen LogP) is 2.96. The molecular weight excluding hydrogens is 224 g/mol. The molecular formula is C14H18N4. The number of anilines is 1. The van der Waals surface area contributed by atoms with Gasteiger partial charge in [0.1, 0.15) is 0 Å². The maximum Gasteiger partial charge on any atom is 0.154 e. The van der Waals surface area contributed by atoms with Crippen LogP contribution < -0.4 is 5.73 Å². The van der Waals surface area contributed by atoms with Crippen LogP contribution in [0.5, 0.6) is 0 Å². The van der Waals surface area contributed by atoms with Crippen LogP contribution in [0.15, 0.2) is 24.4 Å². The molecule has 18 heavy (non-hydrogen) atoms. The summed E-state index contributed by atoms with van der Waals surface area (Å²) in [7, 11) is 0. The number of nitrogens with two attached hydrogens (primary N) is 1. The molecule has 4 heteroatoms. The number of nitrogen functional groups attached to an aromatic ring is 1. The highest BCUT2D eigenvalue weighted by atomic mass is 15.2. The molecule has 1 fully saturated rings. The van der Waals surface area contributed by atoms with Crippen molar-refractivity contribution >= 4 is 5.82 Å². The number of H-pyrrole nitrogens is 1. The van der Waals surface area contributed by atoms with E-state index in [-0.39, 0.29) is 0 Å². The first-order valence-electron chi connectivity index (χ1n) is 6.52. The average Bonchev–Trinajstić information content (AvgIpc) is 2.96. The van der Waals surface area contributed by atoms with Crippen LogP contribution in [-0.4, -0.2) is 15.2 Å². The van der Waals surface area contributed by atoms with E-state index < -0.39 is 0 Å². The van der Waals surface area contributed by atoms with E-state index in [4.69, 9.17) is 5.73 Å². The Morgan fingerprint density at radius 3 is 2.89 bits per heavy atom. The lowest BCUT2D eigenvalue weighted by Gasteiger charge is -2.15. The molecule has 0 spiro atoms. The number of hydrogen-bond acceptors (Lipinski definition) is 3. The van der Waals surface area contributed by atoms with E-state index in [1.165, 1.54) is 19.3 Å². The van der Waals surface area contributed by atoms with Gasteiger partial charge in [-0.1, -0.05) is 25.8 Å². The topological polar surface area (TPSA) is 67.6 Å². The molecule has 3 N–H and O–H groups in total. The van der Waals surface area contributed by atoms with E-state index in [2.05, 4.69) is 22.1 Å². The SMILES string of the molecule is CC1CCCC1c1[nH]nc(N)c1-c1ccccn1. The lowest BCUT2D eigenvalue weighted by Crippen LogP contribution is -2.04. The third kappa shape index (κ3) is 1.78. The van der Waals surface area contributed by atoms with Gasteiger partial charge in [-0.3, -0.25) is 10.1 Å². The number of nitrogens with zero attached hydrogens (tertiary/aromatic N) is 2. The summed E-state index contributed by atoms with van der Waals surface area (Å²) < 4.78 is 0. The van der Waals surface area contributed by atoms with Crippen molar-refractivity contribution in [3.8, 4) is 11.3 Å². The Balaban J connectivity index is 2.07. The highest BCUT2D eigenvalue weighted by Gasteiger charge is 2.30. The minimum atomic E-state index is 0.534. The third-order valence-corrected chi connectivity index (χ3v) is 3.98. The normalized spacial score (nSPS) is 23.4. The van der Waals surface area contributed by atoms with Crippen LogP contribution in [0, 0.1) is 5.92 Å². The van der Waals surface area contributed by atoms with Crippen molar-refractivity contribution in [2.75, 3.05) is 5.73 Å². The molecule has 0 radical (unpaired) electrons. The second-order valence-corrected chi connectivity index (χ2v) is 5.13. The monoisotopic (exact) mass is 242 g/mol. The summed E-state index contributed by atoms with van der Waals surface area (Å²) in [5, 5.41) is 7.31. The van der Waals surface area contributed by atoms with Crippen molar-refractivity contribution in [1.29, 1.82) is 0 Å². The highest BCUT2D eigenvalue weighted by Crippen LogP contribution is 2.43. The zero-order valence-corrected chi connectivity index (χ0v) is 10.6. The van der Waals surface area contributed by atoms with Crippen LogP contribution in [0.4, 0.5) is 5.82 Å². The summed E-state index contributed by atoms with van der Waals surface area (Å²) >= 11 is 0. The van der Waals surface area contributed by atoms with Crippen LogP contribution in [0.3, 0.4) is 0 Å². The first-order valence-corrected chi connectivity index (χ1v) is 6.52. The molecule has 1 aliphatic rings. The first kappa shape index (κ1) is 11.3. The van der Waals surface area contributed by atoms with Crippen molar-refractivity contribution in [2.24, 2.45) is 5.92 Å². The quantitative estimate of drug-likeness (QED) is 0.850. The van der Waals surface area contributed by atoms with Gasteiger partial charge in [-0.15, -0.1) is 0 Å². The Labute approximate surface area is 107 Å². The minimum absolute atomic E-state index is 0.534. The summed E-state index contributed by atoms with van der Waals surface area (Å²) in [5.74, 6) is 1.78. The van der Waals surface area contributed by atoms with Crippen molar-refractivity contribution in [1.82, 2.24) is 15.2 Å². The minimum Gasteiger partial charge on any atom is -0.382 e. The molecule has 2 unspecified atom stereocenters. The Morgan fingerprint density at radius 1 is 1.33 bits per heavy atom. The third-order valence-electron chi connectivity index (χ3n) is 3.98. The number of nitrogens with one attached hydrogen (secondary N) is 1. The molecule has 2 atom stereocenters. The molecule has 0 amide bonds. The van der Waals surface area contributed by atoms with Gasteiger partial charge in [-0.2, -0.15) is 5.10 Å². The molecule has 0 saturated heterocycles. The van der Waals surface area contributed by atoms with Gasteiger partial charge in [0.15, 0.2) is 5.82 Å². The van der Waals surface area contributed by atoms with Gasteiger partial charge in [0, 0.05) is 12.1 Å². The van der Waals surface area contributed by atoms with Crippen LogP contribution >= 0.6 is 0 Å². The smallest absolute Gasteiger partial charge is 0.154 e. The maximum absolute atomic E-state index is 6.00. The van der Waals surface area contributed by atoms with Crippen LogP contribution in [-0.2, 0) is 0 Å². The van der Waals surface area contributed by atoms with Gasteiger partial charge >= 0.3 is 0 Å². The van der Waals surface area contributed by atoms with E-state index in [0.29, 0.717) is 17.7 Å². The van der Waals surface area contributed by atoms with Crippen molar-refractivity contribution in [2.45, 2.75) is 32.1 Å². The molecule has 94 valence electrons. The molecule has 0 aromatic carbocycles. The summed E-state index contributed by atoms with van der Waals surface area (Å²) in [6, 6.07) is 5.89. The average molecular weight is 242 g/mol. The Hall–Kier alpha value is -1.84. The molecule has 2 aromatic heterocycles. The number of aromatic nitrogens is 3. The van der Waals surface area contributed by atoms with Crippen molar-refractivity contribution in [3.63, 3.8) is 0 Å². The van der Waals surface area contributed by atoms with E-state index in [9.17, 15) is 0 Å². The van der Waals surface area contributed by atoms with Crippen LogP contribution in [0.2, 0.25) is 0 Å². The molecule has 4 nitrogen and oxygen atoms in total. The fraction of sp³-hybridized carbons (Fsp3) is 0.429. The summed E-state index contributed by atoms with van der Waals surface area (Å²) in [6.07, 6.45) is 5.57. The number of pyridine rings is 1. The Kier molecular flexibility index (Phi) is 2.78. The Morgan fingerprint density at radius 2 is 2.22 bits per heavy atom. The number of hydrogen-bond donors (Lipinski definition) is 2. The van der Waals surface area contributed by atoms with Crippen molar-refractivity contribution < 1.29 is 0 Å². The zero-order chi connectivity index (χ0) is 12.5. The van der Waals surface area contributed by atoms with Gasteiger partial charge in [0.2, 0.25) is 0 Å². The molecule has 2 aromatic rings. The number of aromatic amines is 1. The molecule has 0 aliphatic heterocycles. The summed E-state index contributed by atoms with van der Waals surface area (Å²) in [5.41, 5.74) is 9.08. The second kappa shape index (κ2) is 4.44.